The number of hydrogen-bond acceptors (Lipinski definition) is 10. The fourth-order valence-corrected chi connectivity index (χ4v) is 6.34. The molecule has 1 aliphatic heterocycles. The average Bonchev–Trinajstić information content (AvgIpc) is 3.39. The highest BCUT2D eigenvalue weighted by atomic mass is 19.4. The molecule has 0 unspecified atom stereocenters. The normalized spacial score (nSPS) is 24.6. The molecule has 2 amide bonds. The van der Waals surface area contributed by atoms with E-state index in [0.717, 1.165) is 19.2 Å². The van der Waals surface area contributed by atoms with Crippen molar-refractivity contribution in [3.63, 3.8) is 0 Å². The van der Waals surface area contributed by atoms with Gasteiger partial charge in [0.2, 0.25) is 18.2 Å². The van der Waals surface area contributed by atoms with Gasteiger partial charge in [0.05, 0.1) is 24.1 Å². The smallest absolute Gasteiger partial charge is 0.343 e. The molecule has 1 saturated heterocycles. The molecule has 0 bridgehead atoms. The lowest BCUT2D eigenvalue weighted by atomic mass is 9.78. The van der Waals surface area contributed by atoms with Crippen molar-refractivity contribution in [2.45, 2.75) is 86.9 Å². The highest BCUT2D eigenvalue weighted by molar-refractivity contribution is 5.93. The van der Waals surface area contributed by atoms with Crippen molar-refractivity contribution in [3.05, 3.63) is 53.3 Å². The molecule has 3 atom stereocenters. The molecule has 4 aromatic heterocycles. The summed E-state index contributed by atoms with van der Waals surface area (Å²) in [7, 11) is 0. The molecule has 3 fully saturated rings. The van der Waals surface area contributed by atoms with Gasteiger partial charge in [0, 0.05) is 18.8 Å². The number of amides is 2. The summed E-state index contributed by atoms with van der Waals surface area (Å²) in [5.74, 6) is -4.78. The van der Waals surface area contributed by atoms with Gasteiger partial charge in [-0.05, 0) is 61.2 Å². The number of nitrogens with zero attached hydrogens (tertiary/aromatic N) is 7. The standard InChI is InChI=1S/C27H26F5N9O4/c28-26(29)5-3-15(4-6-26)19(37-22(42)21-20(14-1-2-14)38-45-39-21)16-11-41-18(35-16)7-13(10-34-41)8-25(23-33-12-44-40-23)9-17(27(30,31)32)36-24(25)43/h7,10-12,14-15,17,19H,1-6,8-9H2,(H,36,43)(H,37,42)/t17-,19-,25-/m0/s1. The van der Waals surface area contributed by atoms with Gasteiger partial charge in [-0.3, -0.25) is 9.59 Å². The van der Waals surface area contributed by atoms with Crippen molar-refractivity contribution in [1.29, 1.82) is 0 Å². The van der Waals surface area contributed by atoms with Crippen LogP contribution in [0.5, 0.6) is 0 Å². The van der Waals surface area contributed by atoms with Crippen LogP contribution in [0.15, 0.2) is 34.0 Å². The molecular formula is C27H26F5N9O4. The van der Waals surface area contributed by atoms with Crippen molar-refractivity contribution < 1.29 is 40.7 Å². The molecule has 2 aliphatic carbocycles. The third-order valence-electron chi connectivity index (χ3n) is 8.91. The molecule has 13 nitrogen and oxygen atoms in total. The largest absolute Gasteiger partial charge is 0.408 e. The zero-order valence-corrected chi connectivity index (χ0v) is 23.4. The summed E-state index contributed by atoms with van der Waals surface area (Å²) in [5, 5.41) is 20.6. The summed E-state index contributed by atoms with van der Waals surface area (Å²) in [6, 6.07) is -1.35. The maximum atomic E-state index is 14.1. The Labute approximate surface area is 250 Å². The van der Waals surface area contributed by atoms with Gasteiger partial charge in [0.15, 0.2) is 17.2 Å². The summed E-state index contributed by atoms with van der Waals surface area (Å²) >= 11 is 0. The second-order valence-electron chi connectivity index (χ2n) is 12.0. The van der Waals surface area contributed by atoms with Crippen molar-refractivity contribution in [3.8, 4) is 0 Å². The molecular weight excluding hydrogens is 609 g/mol. The highest BCUT2D eigenvalue weighted by Crippen LogP contribution is 2.44. The zero-order chi connectivity index (χ0) is 31.6. The lowest BCUT2D eigenvalue weighted by Crippen LogP contribution is -2.40. The van der Waals surface area contributed by atoms with Crippen LogP contribution in [0, 0.1) is 5.92 Å². The van der Waals surface area contributed by atoms with E-state index in [1.807, 2.05) is 5.32 Å². The van der Waals surface area contributed by atoms with Gasteiger partial charge in [-0.1, -0.05) is 10.3 Å². The van der Waals surface area contributed by atoms with Crippen molar-refractivity contribution in [2.75, 3.05) is 0 Å². The Morgan fingerprint density at radius 1 is 1.16 bits per heavy atom. The molecule has 0 radical (unpaired) electrons. The van der Waals surface area contributed by atoms with Crippen LogP contribution in [0.2, 0.25) is 0 Å². The second kappa shape index (κ2) is 10.5. The number of hydrogen-bond donors (Lipinski definition) is 2. The van der Waals surface area contributed by atoms with Gasteiger partial charge in [0.25, 0.3) is 5.91 Å². The van der Waals surface area contributed by atoms with E-state index in [9.17, 15) is 31.5 Å². The minimum Gasteiger partial charge on any atom is -0.343 e. The molecule has 5 heterocycles. The van der Waals surface area contributed by atoms with Gasteiger partial charge in [-0.15, -0.1) is 0 Å². The van der Waals surface area contributed by atoms with Crippen LogP contribution >= 0.6 is 0 Å². The number of imidazole rings is 1. The first-order valence-corrected chi connectivity index (χ1v) is 14.4. The summed E-state index contributed by atoms with van der Waals surface area (Å²) in [6.07, 6.45) is -0.461. The number of carbonyl (C=O) groups is 2. The van der Waals surface area contributed by atoms with Crippen LogP contribution in [0.4, 0.5) is 22.0 Å². The molecule has 4 aromatic rings. The molecule has 2 N–H and O–H groups in total. The first-order valence-electron chi connectivity index (χ1n) is 14.4. The molecule has 238 valence electrons. The summed E-state index contributed by atoms with van der Waals surface area (Å²) < 4.78 is 79.9. The van der Waals surface area contributed by atoms with E-state index in [0.29, 0.717) is 17.0 Å². The molecule has 2 saturated carbocycles. The van der Waals surface area contributed by atoms with E-state index >= 15 is 0 Å². The first-order chi connectivity index (χ1) is 21.4. The van der Waals surface area contributed by atoms with Crippen molar-refractivity contribution in [2.24, 2.45) is 5.92 Å². The van der Waals surface area contributed by atoms with E-state index in [4.69, 9.17) is 9.15 Å². The summed E-state index contributed by atoms with van der Waals surface area (Å²) in [5.41, 5.74) is -0.330. The number of nitrogens with one attached hydrogen (secondary N) is 2. The van der Waals surface area contributed by atoms with E-state index in [1.54, 1.807) is 12.3 Å². The molecule has 45 heavy (non-hydrogen) atoms. The second-order valence-corrected chi connectivity index (χ2v) is 12.0. The maximum absolute atomic E-state index is 14.1. The van der Waals surface area contributed by atoms with Crippen molar-refractivity contribution in [1.82, 2.24) is 45.7 Å². The van der Waals surface area contributed by atoms with Crippen LogP contribution in [-0.2, 0) is 16.6 Å². The number of halogens is 5. The quantitative estimate of drug-likeness (QED) is 0.273. The Balaban J connectivity index is 1.19. The molecule has 18 heteroatoms. The Hall–Kier alpha value is -4.51. The van der Waals surface area contributed by atoms with Gasteiger partial charge in [-0.2, -0.15) is 23.3 Å². The minimum atomic E-state index is -4.69. The number of alkyl halides is 5. The van der Waals surface area contributed by atoms with E-state index in [1.165, 1.54) is 10.7 Å². The van der Waals surface area contributed by atoms with Crippen LogP contribution in [0.1, 0.15) is 90.2 Å². The van der Waals surface area contributed by atoms with Crippen LogP contribution < -0.4 is 10.6 Å². The minimum absolute atomic E-state index is 0.0339. The third-order valence-corrected chi connectivity index (χ3v) is 8.91. The maximum Gasteiger partial charge on any atom is 0.408 e. The average molecular weight is 636 g/mol. The molecule has 3 aliphatic rings. The molecule has 7 rings (SSSR count). The Morgan fingerprint density at radius 3 is 2.60 bits per heavy atom. The zero-order valence-electron chi connectivity index (χ0n) is 23.4. The first kappa shape index (κ1) is 29.2. The number of rotatable bonds is 8. The lowest BCUT2D eigenvalue weighted by molar-refractivity contribution is -0.155. The number of carbonyl (C=O) groups excluding carboxylic acids is 2. The Bertz CT molecular complexity index is 1730. The lowest BCUT2D eigenvalue weighted by Gasteiger charge is -2.33. The Morgan fingerprint density at radius 2 is 1.93 bits per heavy atom. The van der Waals surface area contributed by atoms with Crippen LogP contribution in [0.3, 0.4) is 0 Å². The number of fused-ring (bicyclic) bond motifs is 1. The van der Waals surface area contributed by atoms with Gasteiger partial charge in [0.1, 0.15) is 17.2 Å². The van der Waals surface area contributed by atoms with Gasteiger partial charge < -0.3 is 15.2 Å². The fourth-order valence-electron chi connectivity index (χ4n) is 6.34. The topological polar surface area (TPSA) is 166 Å². The summed E-state index contributed by atoms with van der Waals surface area (Å²) in [6.45, 7) is 0. The highest BCUT2D eigenvalue weighted by Gasteiger charge is 2.58. The third kappa shape index (κ3) is 5.50. The molecule has 0 spiro atoms. The summed E-state index contributed by atoms with van der Waals surface area (Å²) in [4.78, 5) is 34.9. The van der Waals surface area contributed by atoms with E-state index in [-0.39, 0.29) is 61.1 Å². The number of aromatic nitrogens is 7. The predicted molar refractivity (Wildman–Crippen MR) is 139 cm³/mol. The SMILES string of the molecule is O=C(N[C@H](c1cn2ncc(C[C@@]3(c4ncon4)C[C@@H](C(F)(F)F)NC3=O)cc2n1)C1CCC(F)(F)CC1)c1nonc1C1CC1. The monoisotopic (exact) mass is 635 g/mol. The van der Waals surface area contributed by atoms with E-state index in [2.05, 4.69) is 35.9 Å². The predicted octanol–water partition coefficient (Wildman–Crippen LogP) is 3.60. The van der Waals surface area contributed by atoms with Gasteiger partial charge in [-0.25, -0.2) is 22.9 Å². The Kier molecular flexibility index (Phi) is 6.85. The molecule has 0 aromatic carbocycles. The van der Waals surface area contributed by atoms with Crippen LogP contribution in [-0.4, -0.2) is 65.0 Å². The fraction of sp³-hybridized carbons (Fsp3) is 0.556. The van der Waals surface area contributed by atoms with E-state index < -0.39 is 47.8 Å². The van der Waals surface area contributed by atoms with Crippen molar-refractivity contribution >= 4 is 17.5 Å². The van der Waals surface area contributed by atoms with Crippen LogP contribution in [0.25, 0.3) is 5.65 Å². The van der Waals surface area contributed by atoms with Gasteiger partial charge >= 0.3 is 6.18 Å².